The number of rotatable bonds is 8. The number of thioether (sulfide) groups is 2. The standard InChI is InChI=1S/C21H23ClN4O2S2/c1-14(26(13-28)12-16-11-24-15(2)25-20(16)23)19(6-7-27)21(29-8-9-30-21)17-4-3-5-18(22)10-17/h3-5,8-11,13,27H,6-7,12H2,1-2H3,(H2,23,24,25)/b19-14-. The minimum Gasteiger partial charge on any atom is -0.396 e. The zero-order chi connectivity index (χ0) is 21.7. The van der Waals surface area contributed by atoms with Gasteiger partial charge in [0, 0.05) is 29.1 Å². The summed E-state index contributed by atoms with van der Waals surface area (Å²) in [5.41, 5.74) is 9.39. The predicted octanol–water partition coefficient (Wildman–Crippen LogP) is 4.44. The molecule has 0 atom stereocenters. The van der Waals surface area contributed by atoms with Gasteiger partial charge in [-0.05, 0) is 54.4 Å². The van der Waals surface area contributed by atoms with Crippen molar-refractivity contribution in [3.05, 3.63) is 74.5 Å². The summed E-state index contributed by atoms with van der Waals surface area (Å²) in [4.78, 5) is 22.0. The van der Waals surface area contributed by atoms with Gasteiger partial charge in [-0.25, -0.2) is 9.97 Å². The Hall–Kier alpha value is -2.00. The molecule has 158 valence electrons. The number of anilines is 1. The molecule has 0 radical (unpaired) electrons. The highest BCUT2D eigenvalue weighted by atomic mass is 35.5. The van der Waals surface area contributed by atoms with Crippen LogP contribution in [0.25, 0.3) is 0 Å². The second-order valence-electron chi connectivity index (χ2n) is 6.73. The number of amides is 1. The minimum atomic E-state index is -0.520. The Morgan fingerprint density at radius 2 is 2.10 bits per heavy atom. The van der Waals surface area contributed by atoms with Gasteiger partial charge >= 0.3 is 0 Å². The quantitative estimate of drug-likeness (QED) is 0.560. The third-order valence-electron chi connectivity index (χ3n) is 4.84. The molecule has 0 unspecified atom stereocenters. The summed E-state index contributed by atoms with van der Waals surface area (Å²) in [5, 5.41) is 14.5. The number of hydrogen-bond donors (Lipinski definition) is 2. The summed E-state index contributed by atoms with van der Waals surface area (Å²) in [6.45, 7) is 3.85. The molecular formula is C21H23ClN4O2S2. The minimum absolute atomic E-state index is 0.0431. The number of carbonyl (C=O) groups excluding carboxylic acids is 1. The van der Waals surface area contributed by atoms with Crippen LogP contribution in [0.3, 0.4) is 0 Å². The topological polar surface area (TPSA) is 92.3 Å². The number of carbonyl (C=O) groups is 1. The van der Waals surface area contributed by atoms with E-state index >= 15 is 0 Å². The highest BCUT2D eigenvalue weighted by molar-refractivity contribution is 8.23. The maximum Gasteiger partial charge on any atom is 0.214 e. The van der Waals surface area contributed by atoms with Gasteiger partial charge in [0.1, 0.15) is 15.7 Å². The molecule has 0 aliphatic carbocycles. The molecule has 2 heterocycles. The molecule has 2 aromatic rings. The van der Waals surface area contributed by atoms with E-state index in [1.807, 2.05) is 42.0 Å². The van der Waals surface area contributed by atoms with Crippen molar-refractivity contribution in [1.29, 1.82) is 0 Å². The van der Waals surface area contributed by atoms with Gasteiger partial charge in [-0.15, -0.1) is 23.5 Å². The fourth-order valence-corrected chi connectivity index (χ4v) is 6.23. The normalized spacial score (nSPS) is 15.7. The monoisotopic (exact) mass is 462 g/mol. The van der Waals surface area contributed by atoms with E-state index in [0.29, 0.717) is 28.6 Å². The van der Waals surface area contributed by atoms with E-state index in [1.54, 1.807) is 41.5 Å². The van der Waals surface area contributed by atoms with Crippen LogP contribution in [0.15, 0.2) is 52.5 Å². The van der Waals surface area contributed by atoms with Crippen LogP contribution < -0.4 is 5.73 Å². The van der Waals surface area contributed by atoms with Crippen LogP contribution in [0, 0.1) is 6.92 Å². The molecule has 3 rings (SSSR count). The van der Waals surface area contributed by atoms with Gasteiger partial charge in [0.2, 0.25) is 6.41 Å². The van der Waals surface area contributed by atoms with Crippen LogP contribution in [-0.2, 0) is 15.4 Å². The lowest BCUT2D eigenvalue weighted by atomic mass is 9.98. The molecule has 0 bridgehead atoms. The Bertz CT molecular complexity index is 989. The highest BCUT2D eigenvalue weighted by Crippen LogP contribution is 2.59. The van der Waals surface area contributed by atoms with Crippen molar-refractivity contribution >= 4 is 47.4 Å². The average molecular weight is 463 g/mol. The molecule has 1 aliphatic rings. The van der Waals surface area contributed by atoms with Crippen LogP contribution in [-0.4, -0.2) is 33.0 Å². The lowest BCUT2D eigenvalue weighted by Crippen LogP contribution is -2.28. The number of aromatic nitrogens is 2. The SMILES string of the molecule is C/C(=C(\CCO)C1(c2cccc(Cl)c2)SC=CS1)N(C=O)Cc1cnc(C)nc1N. The Morgan fingerprint density at radius 3 is 2.70 bits per heavy atom. The van der Waals surface area contributed by atoms with Gasteiger partial charge in [-0.1, -0.05) is 23.7 Å². The van der Waals surface area contributed by atoms with Gasteiger partial charge in [0.25, 0.3) is 0 Å². The summed E-state index contributed by atoms with van der Waals surface area (Å²) in [7, 11) is 0. The number of halogens is 1. The summed E-state index contributed by atoms with van der Waals surface area (Å²) in [6.07, 6.45) is 2.82. The third kappa shape index (κ3) is 4.67. The molecule has 1 aromatic carbocycles. The number of aryl methyl sites for hydroxylation is 1. The Labute approximate surface area is 189 Å². The van der Waals surface area contributed by atoms with Gasteiger partial charge in [-0.2, -0.15) is 0 Å². The molecule has 6 nitrogen and oxygen atoms in total. The second kappa shape index (κ2) is 9.87. The van der Waals surface area contributed by atoms with Crippen LogP contribution in [0.2, 0.25) is 5.02 Å². The zero-order valence-corrected chi connectivity index (χ0v) is 19.1. The fourth-order valence-electron chi connectivity index (χ4n) is 3.34. The van der Waals surface area contributed by atoms with E-state index < -0.39 is 4.08 Å². The average Bonchev–Trinajstić information content (AvgIpc) is 3.22. The first-order valence-electron chi connectivity index (χ1n) is 9.29. The number of allylic oxidation sites excluding steroid dienone is 1. The first-order chi connectivity index (χ1) is 14.4. The number of nitrogens with two attached hydrogens (primary N) is 1. The second-order valence-corrected chi connectivity index (χ2v) is 9.67. The lowest BCUT2D eigenvalue weighted by Gasteiger charge is -2.34. The van der Waals surface area contributed by atoms with Crippen LogP contribution in [0.5, 0.6) is 0 Å². The Morgan fingerprint density at radius 1 is 1.37 bits per heavy atom. The summed E-state index contributed by atoms with van der Waals surface area (Å²) < 4.78 is -0.520. The van der Waals surface area contributed by atoms with E-state index in [4.69, 9.17) is 17.3 Å². The number of aliphatic hydroxyl groups is 1. The van der Waals surface area contributed by atoms with E-state index in [9.17, 15) is 9.90 Å². The van der Waals surface area contributed by atoms with Gasteiger partial charge in [0.05, 0.1) is 6.54 Å². The first kappa shape index (κ1) is 22.7. The van der Waals surface area contributed by atoms with E-state index in [0.717, 1.165) is 23.2 Å². The molecule has 0 fully saturated rings. The number of nitrogens with zero attached hydrogens (tertiary/aromatic N) is 3. The molecular weight excluding hydrogens is 440 g/mol. The Balaban J connectivity index is 2.07. The van der Waals surface area contributed by atoms with Crippen molar-refractivity contribution in [2.75, 3.05) is 12.3 Å². The van der Waals surface area contributed by atoms with Crippen LogP contribution in [0.4, 0.5) is 5.82 Å². The first-order valence-corrected chi connectivity index (χ1v) is 11.4. The van der Waals surface area contributed by atoms with Crippen molar-refractivity contribution in [2.45, 2.75) is 30.9 Å². The van der Waals surface area contributed by atoms with E-state index in [1.165, 1.54) is 0 Å². The van der Waals surface area contributed by atoms with Gasteiger partial charge in [0.15, 0.2) is 0 Å². The highest BCUT2D eigenvalue weighted by Gasteiger charge is 2.40. The fraction of sp³-hybridized carbons (Fsp3) is 0.286. The summed E-state index contributed by atoms with van der Waals surface area (Å²) >= 11 is 9.54. The Kier molecular flexibility index (Phi) is 7.46. The summed E-state index contributed by atoms with van der Waals surface area (Å²) in [5.74, 6) is 0.925. The van der Waals surface area contributed by atoms with Crippen LogP contribution in [0.1, 0.15) is 30.3 Å². The molecule has 1 aromatic heterocycles. The zero-order valence-electron chi connectivity index (χ0n) is 16.7. The largest absolute Gasteiger partial charge is 0.396 e. The van der Waals surface area contributed by atoms with Crippen molar-refractivity contribution in [3.63, 3.8) is 0 Å². The van der Waals surface area contributed by atoms with E-state index in [-0.39, 0.29) is 13.2 Å². The molecule has 30 heavy (non-hydrogen) atoms. The van der Waals surface area contributed by atoms with Crippen molar-refractivity contribution < 1.29 is 9.90 Å². The van der Waals surface area contributed by atoms with Crippen molar-refractivity contribution in [1.82, 2.24) is 14.9 Å². The molecule has 1 aliphatic heterocycles. The maximum atomic E-state index is 12.0. The number of nitrogen functional groups attached to an aromatic ring is 1. The molecule has 0 spiro atoms. The lowest BCUT2D eigenvalue weighted by molar-refractivity contribution is -0.117. The van der Waals surface area contributed by atoms with E-state index in [2.05, 4.69) is 9.97 Å². The third-order valence-corrected chi connectivity index (χ3v) is 8.00. The van der Waals surface area contributed by atoms with Crippen LogP contribution >= 0.6 is 35.1 Å². The molecule has 1 amide bonds. The smallest absolute Gasteiger partial charge is 0.214 e. The molecule has 0 saturated heterocycles. The number of benzene rings is 1. The predicted molar refractivity (Wildman–Crippen MR) is 125 cm³/mol. The molecule has 9 heteroatoms. The molecule has 3 N–H and O–H groups in total. The number of hydrogen-bond acceptors (Lipinski definition) is 7. The maximum absolute atomic E-state index is 12.0. The summed E-state index contributed by atoms with van der Waals surface area (Å²) in [6, 6.07) is 7.68. The van der Waals surface area contributed by atoms with Gasteiger partial charge in [-0.3, -0.25) is 4.79 Å². The van der Waals surface area contributed by atoms with Crippen molar-refractivity contribution in [3.8, 4) is 0 Å². The number of aliphatic hydroxyl groups excluding tert-OH is 1. The molecule has 0 saturated carbocycles. The van der Waals surface area contributed by atoms with Crippen molar-refractivity contribution in [2.24, 2.45) is 0 Å². The van der Waals surface area contributed by atoms with Gasteiger partial charge < -0.3 is 15.7 Å².